The lowest BCUT2D eigenvalue weighted by Gasteiger charge is -2.17. The van der Waals surface area contributed by atoms with E-state index in [-0.39, 0.29) is 4.90 Å². The standard InChI is InChI=1S/C26H29NO5S/c1-17(26(28)29)12-19-6-11-25(32-16-18-4-2-3-5-18)24(13-19)22-8-7-21-15-23(33(27,30)31)10-9-20(21)14-22/h6-11,13-15,17-18H,2-5,12,16H2,1H3,(H,28,29)(H2,27,30,31). The number of nitrogens with two attached hydrogens (primary N) is 1. The van der Waals surface area contributed by atoms with Crippen molar-refractivity contribution < 1.29 is 23.1 Å². The molecule has 6 nitrogen and oxygen atoms in total. The smallest absolute Gasteiger partial charge is 0.306 e. The number of carbonyl (C=O) groups is 1. The molecule has 0 spiro atoms. The Hall–Kier alpha value is -2.90. The predicted octanol–water partition coefficient (Wildman–Crippen LogP) is 4.99. The average Bonchev–Trinajstić information content (AvgIpc) is 3.30. The molecule has 1 aliphatic rings. The highest BCUT2D eigenvalue weighted by molar-refractivity contribution is 7.89. The number of hydrogen-bond donors (Lipinski definition) is 2. The Labute approximate surface area is 194 Å². The van der Waals surface area contributed by atoms with Crippen LogP contribution >= 0.6 is 0 Å². The number of aliphatic carboxylic acids is 1. The van der Waals surface area contributed by atoms with E-state index in [0.29, 0.717) is 18.9 Å². The number of carboxylic acids is 1. The molecule has 0 saturated heterocycles. The van der Waals surface area contributed by atoms with Crippen LogP contribution in [0.15, 0.2) is 59.5 Å². The molecule has 4 rings (SSSR count). The highest BCUT2D eigenvalue weighted by Crippen LogP contribution is 2.35. The second kappa shape index (κ2) is 9.53. The van der Waals surface area contributed by atoms with Crippen molar-refractivity contribution in [2.45, 2.75) is 43.9 Å². The lowest BCUT2D eigenvalue weighted by atomic mass is 9.95. The van der Waals surface area contributed by atoms with Crippen molar-refractivity contribution in [2.75, 3.05) is 6.61 Å². The number of hydrogen-bond acceptors (Lipinski definition) is 4. The first kappa shape index (κ1) is 23.3. The fourth-order valence-corrected chi connectivity index (χ4v) is 5.00. The molecule has 1 unspecified atom stereocenters. The largest absolute Gasteiger partial charge is 0.493 e. The second-order valence-corrected chi connectivity index (χ2v) is 10.6. The first-order chi connectivity index (χ1) is 15.7. The minimum Gasteiger partial charge on any atom is -0.493 e. The molecule has 1 aliphatic carbocycles. The van der Waals surface area contributed by atoms with Crippen molar-refractivity contribution in [2.24, 2.45) is 17.0 Å². The van der Waals surface area contributed by atoms with E-state index in [9.17, 15) is 18.3 Å². The summed E-state index contributed by atoms with van der Waals surface area (Å²) >= 11 is 0. The molecule has 0 aliphatic heterocycles. The van der Waals surface area contributed by atoms with Crippen molar-refractivity contribution in [3.63, 3.8) is 0 Å². The second-order valence-electron chi connectivity index (χ2n) is 9.00. The molecule has 174 valence electrons. The molecule has 1 atom stereocenters. The molecule has 0 aromatic heterocycles. The number of carboxylic acid groups (broad SMARTS) is 1. The summed E-state index contributed by atoms with van der Waals surface area (Å²) in [7, 11) is -3.77. The van der Waals surface area contributed by atoms with Gasteiger partial charge < -0.3 is 9.84 Å². The van der Waals surface area contributed by atoms with E-state index in [2.05, 4.69) is 0 Å². The van der Waals surface area contributed by atoms with Crippen LogP contribution in [-0.4, -0.2) is 26.1 Å². The molecular formula is C26H29NO5S. The summed E-state index contributed by atoms with van der Waals surface area (Å²) in [5.74, 6) is 0.0257. The zero-order valence-corrected chi connectivity index (χ0v) is 19.5. The van der Waals surface area contributed by atoms with Crippen molar-refractivity contribution in [3.05, 3.63) is 60.2 Å². The zero-order chi connectivity index (χ0) is 23.6. The van der Waals surface area contributed by atoms with Gasteiger partial charge in [0.05, 0.1) is 17.4 Å². The Kier molecular flexibility index (Phi) is 6.72. The normalized spacial score (nSPS) is 15.6. The van der Waals surface area contributed by atoms with Gasteiger partial charge in [-0.2, -0.15) is 0 Å². The van der Waals surface area contributed by atoms with E-state index < -0.39 is 21.9 Å². The third kappa shape index (κ3) is 5.54. The maximum absolute atomic E-state index is 11.7. The van der Waals surface area contributed by atoms with Crippen LogP contribution in [0.5, 0.6) is 5.75 Å². The molecule has 7 heteroatoms. The van der Waals surface area contributed by atoms with E-state index in [4.69, 9.17) is 9.88 Å². The molecule has 0 bridgehead atoms. The Balaban J connectivity index is 1.71. The van der Waals surface area contributed by atoms with Crippen LogP contribution in [0, 0.1) is 11.8 Å². The highest BCUT2D eigenvalue weighted by Gasteiger charge is 2.18. The highest BCUT2D eigenvalue weighted by atomic mass is 32.2. The van der Waals surface area contributed by atoms with Gasteiger partial charge in [-0.1, -0.05) is 44.0 Å². The van der Waals surface area contributed by atoms with Gasteiger partial charge in [0.15, 0.2) is 0 Å². The molecule has 0 heterocycles. The van der Waals surface area contributed by atoms with Crippen molar-refractivity contribution in [3.8, 4) is 16.9 Å². The molecule has 3 aromatic carbocycles. The fraction of sp³-hybridized carbons (Fsp3) is 0.346. The van der Waals surface area contributed by atoms with E-state index in [1.54, 1.807) is 19.1 Å². The van der Waals surface area contributed by atoms with Gasteiger partial charge in [-0.15, -0.1) is 0 Å². The quantitative estimate of drug-likeness (QED) is 0.486. The molecule has 0 radical (unpaired) electrons. The SMILES string of the molecule is CC(Cc1ccc(OCC2CCCC2)c(-c2ccc3cc(S(N)(=O)=O)ccc3c2)c1)C(=O)O. The van der Waals surface area contributed by atoms with Crippen LogP contribution in [0.4, 0.5) is 0 Å². The summed E-state index contributed by atoms with van der Waals surface area (Å²) in [5.41, 5.74) is 2.76. The monoisotopic (exact) mass is 467 g/mol. The van der Waals surface area contributed by atoms with Crippen LogP contribution in [0.25, 0.3) is 21.9 Å². The predicted molar refractivity (Wildman–Crippen MR) is 129 cm³/mol. The summed E-state index contributed by atoms with van der Waals surface area (Å²) < 4.78 is 29.6. The Morgan fingerprint density at radius 1 is 1.06 bits per heavy atom. The minimum absolute atomic E-state index is 0.0768. The first-order valence-electron chi connectivity index (χ1n) is 11.3. The summed E-state index contributed by atoms with van der Waals surface area (Å²) in [4.78, 5) is 11.4. The van der Waals surface area contributed by atoms with Gasteiger partial charge in [0.25, 0.3) is 0 Å². The summed E-state index contributed by atoms with van der Waals surface area (Å²) in [5, 5.41) is 16.2. The van der Waals surface area contributed by atoms with Crippen LogP contribution in [0.2, 0.25) is 0 Å². The molecule has 33 heavy (non-hydrogen) atoms. The third-order valence-corrected chi connectivity index (χ3v) is 7.32. The van der Waals surface area contributed by atoms with E-state index in [1.807, 2.05) is 36.4 Å². The van der Waals surface area contributed by atoms with E-state index in [1.165, 1.54) is 31.7 Å². The average molecular weight is 468 g/mol. The number of primary sulfonamides is 1. The number of ether oxygens (including phenoxy) is 1. The van der Waals surface area contributed by atoms with Gasteiger partial charge in [-0.3, -0.25) is 4.79 Å². The molecule has 0 amide bonds. The zero-order valence-electron chi connectivity index (χ0n) is 18.7. The molecular weight excluding hydrogens is 438 g/mol. The first-order valence-corrected chi connectivity index (χ1v) is 12.8. The Morgan fingerprint density at radius 3 is 2.45 bits per heavy atom. The van der Waals surface area contributed by atoms with Gasteiger partial charge in [0, 0.05) is 5.56 Å². The number of fused-ring (bicyclic) bond motifs is 1. The van der Waals surface area contributed by atoms with Gasteiger partial charge in [0.2, 0.25) is 10.0 Å². The third-order valence-electron chi connectivity index (χ3n) is 6.41. The van der Waals surface area contributed by atoms with Crippen molar-refractivity contribution in [1.29, 1.82) is 0 Å². The number of sulfonamides is 1. The van der Waals surface area contributed by atoms with E-state index in [0.717, 1.165) is 33.2 Å². The summed E-state index contributed by atoms with van der Waals surface area (Å²) in [6.07, 6.45) is 5.30. The van der Waals surface area contributed by atoms with Crippen LogP contribution < -0.4 is 9.88 Å². The van der Waals surface area contributed by atoms with Crippen molar-refractivity contribution >= 4 is 26.8 Å². The fourth-order valence-electron chi connectivity index (χ4n) is 4.45. The van der Waals surface area contributed by atoms with Crippen LogP contribution in [-0.2, 0) is 21.2 Å². The van der Waals surface area contributed by atoms with Gasteiger partial charge in [-0.25, -0.2) is 13.6 Å². The number of rotatable bonds is 8. The Bertz CT molecular complexity index is 1280. The Morgan fingerprint density at radius 2 is 1.76 bits per heavy atom. The summed E-state index contributed by atoms with van der Waals surface area (Å²) in [6.45, 7) is 2.37. The topological polar surface area (TPSA) is 107 Å². The molecule has 3 N–H and O–H groups in total. The van der Waals surface area contributed by atoms with Gasteiger partial charge >= 0.3 is 5.97 Å². The van der Waals surface area contributed by atoms with Crippen molar-refractivity contribution in [1.82, 2.24) is 0 Å². The number of benzene rings is 3. The molecule has 1 saturated carbocycles. The lowest BCUT2D eigenvalue weighted by molar-refractivity contribution is -0.141. The minimum atomic E-state index is -3.77. The molecule has 3 aromatic rings. The van der Waals surface area contributed by atoms with Crippen LogP contribution in [0.1, 0.15) is 38.2 Å². The maximum atomic E-state index is 11.7. The van der Waals surface area contributed by atoms with Gasteiger partial charge in [0.1, 0.15) is 5.75 Å². The lowest BCUT2D eigenvalue weighted by Crippen LogP contribution is -2.12. The van der Waals surface area contributed by atoms with Gasteiger partial charge in [-0.05, 0) is 77.4 Å². The maximum Gasteiger partial charge on any atom is 0.306 e. The molecule has 1 fully saturated rings. The summed E-state index contributed by atoms with van der Waals surface area (Å²) in [6, 6.07) is 16.5. The van der Waals surface area contributed by atoms with Crippen LogP contribution in [0.3, 0.4) is 0 Å². The van der Waals surface area contributed by atoms with E-state index >= 15 is 0 Å².